The van der Waals surface area contributed by atoms with Crippen molar-refractivity contribution in [3.8, 4) is 0 Å². The van der Waals surface area contributed by atoms with Crippen LogP contribution in [0.1, 0.15) is 25.5 Å². The van der Waals surface area contributed by atoms with Crippen LogP contribution in [0.2, 0.25) is 0 Å². The van der Waals surface area contributed by atoms with Gasteiger partial charge < -0.3 is 4.52 Å². The van der Waals surface area contributed by atoms with Crippen LogP contribution in [0.4, 0.5) is 0 Å². The molecule has 0 aliphatic heterocycles. The van der Waals surface area contributed by atoms with Gasteiger partial charge in [-0.25, -0.2) is 0 Å². The van der Waals surface area contributed by atoms with Crippen LogP contribution in [-0.4, -0.2) is 10.4 Å². The Hall–Kier alpha value is -0.860. The molecule has 0 radical (unpaired) electrons. The number of unbranched alkanes of at least 4 members (excludes halogenated alkanes) is 1. The molecule has 3 heteroatoms. The summed E-state index contributed by atoms with van der Waals surface area (Å²) in [4.78, 5) is 0. The van der Waals surface area contributed by atoms with E-state index in [1.54, 1.807) is 6.26 Å². The minimum atomic E-state index is 0.955. The predicted molar refractivity (Wildman–Crippen MR) is 32.9 cm³/mol. The van der Waals surface area contributed by atoms with Crippen molar-refractivity contribution in [3.63, 3.8) is 0 Å². The molecule has 1 aromatic rings. The maximum atomic E-state index is 4.55. The molecule has 0 spiro atoms. The van der Waals surface area contributed by atoms with Gasteiger partial charge in [-0.15, -0.1) is 5.10 Å². The first kappa shape index (κ1) is 6.26. The largest absolute Gasteiger partial charge is 0.345 e. The van der Waals surface area contributed by atoms with Gasteiger partial charge in [0.1, 0.15) is 12.0 Å². The molecule has 0 amide bonds. The van der Waals surface area contributed by atoms with E-state index < -0.39 is 0 Å². The van der Waals surface area contributed by atoms with Gasteiger partial charge >= 0.3 is 0 Å². The molecule has 50 valence electrons. The minimum Gasteiger partial charge on any atom is -0.345 e. The first-order valence-electron chi connectivity index (χ1n) is 3.19. The van der Waals surface area contributed by atoms with Crippen molar-refractivity contribution in [2.24, 2.45) is 0 Å². The standard InChI is InChI=1S/C6H10N2O/c1-2-3-4-6-5-9-8-7-6/h5H,2-4H2,1H3. The zero-order valence-corrected chi connectivity index (χ0v) is 5.50. The average Bonchev–Trinajstić information content (AvgIpc) is 2.34. The predicted octanol–water partition coefficient (Wildman–Crippen LogP) is 1.41. The number of aromatic nitrogens is 2. The van der Waals surface area contributed by atoms with Crippen molar-refractivity contribution in [1.82, 2.24) is 10.4 Å². The smallest absolute Gasteiger partial charge is 0.147 e. The molecule has 0 aromatic carbocycles. The molecule has 0 unspecified atom stereocenters. The highest BCUT2D eigenvalue weighted by atomic mass is 16.5. The van der Waals surface area contributed by atoms with E-state index in [1.807, 2.05) is 0 Å². The molecule has 1 rings (SSSR count). The van der Waals surface area contributed by atoms with Crippen molar-refractivity contribution in [2.75, 3.05) is 0 Å². The maximum absolute atomic E-state index is 4.55. The van der Waals surface area contributed by atoms with E-state index in [0.29, 0.717) is 0 Å². The molecule has 0 N–H and O–H groups in total. The fourth-order valence-corrected chi connectivity index (χ4v) is 0.651. The van der Waals surface area contributed by atoms with Gasteiger partial charge in [-0.05, 0) is 12.8 Å². The van der Waals surface area contributed by atoms with Gasteiger partial charge in [0.25, 0.3) is 0 Å². The molecule has 0 bridgehead atoms. The van der Waals surface area contributed by atoms with Gasteiger partial charge in [0.15, 0.2) is 0 Å². The highest BCUT2D eigenvalue weighted by Crippen LogP contribution is 1.98. The third-order valence-electron chi connectivity index (χ3n) is 1.19. The van der Waals surface area contributed by atoms with E-state index in [0.717, 1.165) is 18.5 Å². The Bertz CT molecular complexity index is 148. The highest BCUT2D eigenvalue weighted by Gasteiger charge is 1.93. The third kappa shape index (κ3) is 1.83. The maximum Gasteiger partial charge on any atom is 0.147 e. The molecule has 0 fully saturated rings. The highest BCUT2D eigenvalue weighted by molar-refractivity contribution is 4.87. The van der Waals surface area contributed by atoms with Crippen LogP contribution in [0.5, 0.6) is 0 Å². The number of hydrogen-bond acceptors (Lipinski definition) is 3. The number of aryl methyl sites for hydroxylation is 1. The average molecular weight is 126 g/mol. The Morgan fingerprint density at radius 1 is 1.67 bits per heavy atom. The summed E-state index contributed by atoms with van der Waals surface area (Å²) in [6.07, 6.45) is 4.93. The Kier molecular flexibility index (Phi) is 2.24. The molecule has 9 heavy (non-hydrogen) atoms. The van der Waals surface area contributed by atoms with Crippen LogP contribution >= 0.6 is 0 Å². The van der Waals surface area contributed by atoms with E-state index in [1.165, 1.54) is 6.42 Å². The first-order valence-corrected chi connectivity index (χ1v) is 3.19. The summed E-state index contributed by atoms with van der Waals surface area (Å²) >= 11 is 0. The normalized spacial score (nSPS) is 9.89. The van der Waals surface area contributed by atoms with Gasteiger partial charge in [0.05, 0.1) is 0 Å². The van der Waals surface area contributed by atoms with Gasteiger partial charge in [0.2, 0.25) is 0 Å². The van der Waals surface area contributed by atoms with Crippen LogP contribution in [-0.2, 0) is 6.42 Å². The minimum absolute atomic E-state index is 0.955. The lowest BCUT2D eigenvalue weighted by atomic mass is 10.2. The summed E-state index contributed by atoms with van der Waals surface area (Å²) in [7, 11) is 0. The first-order chi connectivity index (χ1) is 4.43. The fourth-order valence-electron chi connectivity index (χ4n) is 0.651. The summed E-state index contributed by atoms with van der Waals surface area (Å²) in [5.41, 5.74) is 0.955. The van der Waals surface area contributed by atoms with E-state index in [-0.39, 0.29) is 0 Å². The van der Waals surface area contributed by atoms with Gasteiger partial charge in [-0.1, -0.05) is 13.3 Å². The Labute approximate surface area is 54.0 Å². The van der Waals surface area contributed by atoms with Crippen molar-refractivity contribution < 1.29 is 4.52 Å². The van der Waals surface area contributed by atoms with E-state index in [2.05, 4.69) is 21.8 Å². The molecule has 0 saturated carbocycles. The molecular weight excluding hydrogens is 116 g/mol. The Morgan fingerprint density at radius 3 is 3.11 bits per heavy atom. The number of nitrogens with zero attached hydrogens (tertiary/aromatic N) is 2. The monoisotopic (exact) mass is 126 g/mol. The molecule has 1 aromatic heterocycles. The van der Waals surface area contributed by atoms with Crippen molar-refractivity contribution in [1.29, 1.82) is 0 Å². The summed E-state index contributed by atoms with van der Waals surface area (Å²) in [6.45, 7) is 2.15. The lowest BCUT2D eigenvalue weighted by Crippen LogP contribution is -1.83. The Morgan fingerprint density at radius 2 is 2.56 bits per heavy atom. The second-order valence-electron chi connectivity index (χ2n) is 2.00. The quantitative estimate of drug-likeness (QED) is 0.614. The van der Waals surface area contributed by atoms with Crippen molar-refractivity contribution in [2.45, 2.75) is 26.2 Å². The third-order valence-corrected chi connectivity index (χ3v) is 1.19. The molecule has 0 aliphatic carbocycles. The summed E-state index contributed by atoms with van der Waals surface area (Å²) in [5.74, 6) is 0. The fraction of sp³-hybridized carbons (Fsp3) is 0.667. The van der Waals surface area contributed by atoms with Gasteiger partial charge in [-0.2, -0.15) is 0 Å². The van der Waals surface area contributed by atoms with Crippen LogP contribution in [0.3, 0.4) is 0 Å². The van der Waals surface area contributed by atoms with Crippen LogP contribution < -0.4 is 0 Å². The lowest BCUT2D eigenvalue weighted by molar-refractivity contribution is 0.392. The molecule has 0 atom stereocenters. The van der Waals surface area contributed by atoms with Crippen LogP contribution in [0, 0.1) is 0 Å². The lowest BCUT2D eigenvalue weighted by Gasteiger charge is -1.86. The zero-order chi connectivity index (χ0) is 6.53. The van der Waals surface area contributed by atoms with Crippen LogP contribution in [0.25, 0.3) is 0 Å². The van der Waals surface area contributed by atoms with E-state index in [9.17, 15) is 0 Å². The van der Waals surface area contributed by atoms with Gasteiger partial charge in [0, 0.05) is 5.27 Å². The van der Waals surface area contributed by atoms with Crippen LogP contribution in [0.15, 0.2) is 10.8 Å². The summed E-state index contributed by atoms with van der Waals surface area (Å²) < 4.78 is 4.55. The van der Waals surface area contributed by atoms with Gasteiger partial charge in [-0.3, -0.25) is 0 Å². The number of rotatable bonds is 3. The molecule has 0 aliphatic rings. The summed E-state index contributed by atoms with van der Waals surface area (Å²) in [6, 6.07) is 0. The second-order valence-corrected chi connectivity index (χ2v) is 2.00. The topological polar surface area (TPSA) is 38.9 Å². The molecule has 0 saturated heterocycles. The molecular formula is C6H10N2O. The number of hydrogen-bond donors (Lipinski definition) is 0. The van der Waals surface area contributed by atoms with E-state index in [4.69, 9.17) is 0 Å². The summed E-state index contributed by atoms with van der Waals surface area (Å²) in [5, 5.41) is 7.09. The SMILES string of the molecule is CCCCc1conn1. The molecule has 1 heterocycles. The molecule has 3 nitrogen and oxygen atoms in total. The second kappa shape index (κ2) is 3.22. The Balaban J connectivity index is 2.30. The zero-order valence-electron chi connectivity index (χ0n) is 5.50. The van der Waals surface area contributed by atoms with E-state index >= 15 is 0 Å². The van der Waals surface area contributed by atoms with Crippen molar-refractivity contribution in [3.05, 3.63) is 12.0 Å². The van der Waals surface area contributed by atoms with Crippen molar-refractivity contribution >= 4 is 0 Å².